The third-order valence-corrected chi connectivity index (χ3v) is 4.85. The second-order valence-electron chi connectivity index (χ2n) is 5.23. The van der Waals surface area contributed by atoms with Crippen LogP contribution in [-0.4, -0.2) is 0 Å². The molecule has 0 unspecified atom stereocenters. The van der Waals surface area contributed by atoms with Crippen molar-refractivity contribution in [3.63, 3.8) is 0 Å². The van der Waals surface area contributed by atoms with Gasteiger partial charge in [0.05, 0.1) is 0 Å². The van der Waals surface area contributed by atoms with Gasteiger partial charge < -0.3 is 0 Å². The first-order valence-corrected chi connectivity index (χ1v) is 6.58. The number of hydrogen-bond donors (Lipinski definition) is 0. The van der Waals surface area contributed by atoms with Crippen LogP contribution >= 0.6 is 11.6 Å². The van der Waals surface area contributed by atoms with Gasteiger partial charge in [-0.1, -0.05) is 43.2 Å². The van der Waals surface area contributed by atoms with Gasteiger partial charge in [0.2, 0.25) is 0 Å². The van der Waals surface area contributed by atoms with Crippen molar-refractivity contribution in [3.05, 3.63) is 40.9 Å². The molecule has 0 atom stereocenters. The highest BCUT2D eigenvalue weighted by Crippen LogP contribution is 2.54. The first-order chi connectivity index (χ1) is 7.73. The van der Waals surface area contributed by atoms with E-state index in [0.29, 0.717) is 5.41 Å². The summed E-state index contributed by atoms with van der Waals surface area (Å²) in [6.07, 6.45) is 7.79. The van der Waals surface area contributed by atoms with Gasteiger partial charge >= 0.3 is 0 Å². The molecule has 0 radical (unpaired) electrons. The fourth-order valence-electron chi connectivity index (χ4n) is 3.50. The summed E-state index contributed by atoms with van der Waals surface area (Å²) in [5, 5.41) is 0.923. The van der Waals surface area contributed by atoms with Crippen LogP contribution < -0.4 is 0 Å². The van der Waals surface area contributed by atoms with E-state index in [4.69, 9.17) is 11.6 Å². The van der Waals surface area contributed by atoms with Crippen molar-refractivity contribution < 1.29 is 0 Å². The molecule has 84 valence electrons. The second kappa shape index (κ2) is 3.63. The molecule has 0 N–H and O–H groups in total. The van der Waals surface area contributed by atoms with Gasteiger partial charge in [-0.15, -0.1) is 0 Å². The lowest BCUT2D eigenvalue weighted by molar-refractivity contribution is 0.371. The van der Waals surface area contributed by atoms with Gasteiger partial charge in [0.1, 0.15) is 0 Å². The molecule has 0 heterocycles. The molecule has 1 aromatic rings. The van der Waals surface area contributed by atoms with Crippen molar-refractivity contribution in [2.45, 2.75) is 38.5 Å². The van der Waals surface area contributed by atoms with Crippen molar-refractivity contribution in [2.75, 3.05) is 0 Å². The number of benzene rings is 1. The quantitative estimate of drug-likeness (QED) is 0.599. The summed E-state index contributed by atoms with van der Waals surface area (Å²) < 4.78 is 0. The molecule has 0 amide bonds. The van der Waals surface area contributed by atoms with Crippen molar-refractivity contribution in [1.29, 1.82) is 0 Å². The average molecular weight is 233 g/mol. The van der Waals surface area contributed by atoms with Crippen LogP contribution in [-0.2, 0) is 6.42 Å². The first-order valence-electron chi connectivity index (χ1n) is 6.20. The van der Waals surface area contributed by atoms with Crippen molar-refractivity contribution >= 4 is 17.2 Å². The standard InChI is InChI=1S/C15H17Cl/c1-11-12-5-4-6-14(16)13(12)7-10-15(11)8-2-3-9-15/h4-6H,1-3,7-10H2. The molecule has 1 heteroatoms. The number of fused-ring (bicyclic) bond motifs is 1. The maximum absolute atomic E-state index is 6.26. The normalized spacial score (nSPS) is 22.4. The van der Waals surface area contributed by atoms with Crippen molar-refractivity contribution in [3.8, 4) is 0 Å². The SMILES string of the molecule is C=C1c2cccc(Cl)c2CCC12CCCC2. The van der Waals surface area contributed by atoms with E-state index in [9.17, 15) is 0 Å². The minimum absolute atomic E-state index is 0.414. The average Bonchev–Trinajstić information content (AvgIpc) is 2.75. The summed E-state index contributed by atoms with van der Waals surface area (Å²) in [6.45, 7) is 4.37. The first kappa shape index (κ1) is 10.4. The Hall–Kier alpha value is -0.750. The van der Waals surface area contributed by atoms with Gasteiger partial charge in [0, 0.05) is 5.02 Å². The highest BCUT2D eigenvalue weighted by Gasteiger charge is 2.40. The summed E-state index contributed by atoms with van der Waals surface area (Å²) in [5.41, 5.74) is 4.43. The maximum Gasteiger partial charge on any atom is 0.0444 e. The van der Waals surface area contributed by atoms with Gasteiger partial charge in [0.15, 0.2) is 0 Å². The third-order valence-electron chi connectivity index (χ3n) is 4.50. The largest absolute Gasteiger partial charge is 0.0947 e. The molecule has 0 aliphatic heterocycles. The van der Waals surface area contributed by atoms with E-state index in [-0.39, 0.29) is 0 Å². The predicted molar refractivity (Wildman–Crippen MR) is 69.7 cm³/mol. The summed E-state index contributed by atoms with van der Waals surface area (Å²) in [7, 11) is 0. The number of rotatable bonds is 0. The highest BCUT2D eigenvalue weighted by molar-refractivity contribution is 6.31. The lowest BCUT2D eigenvalue weighted by atomic mass is 9.67. The van der Waals surface area contributed by atoms with Crippen LogP contribution in [0.3, 0.4) is 0 Å². The van der Waals surface area contributed by atoms with Crippen LogP contribution in [0.1, 0.15) is 43.2 Å². The van der Waals surface area contributed by atoms with E-state index in [1.54, 1.807) is 0 Å². The molecule has 16 heavy (non-hydrogen) atoms. The van der Waals surface area contributed by atoms with Crippen LogP contribution in [0.2, 0.25) is 5.02 Å². The molecule has 2 aliphatic carbocycles. The molecule has 0 nitrogen and oxygen atoms in total. The molecule has 1 spiro atoms. The molecular weight excluding hydrogens is 216 g/mol. The molecule has 0 saturated heterocycles. The molecule has 2 aliphatic rings. The van der Waals surface area contributed by atoms with Crippen LogP contribution in [0.25, 0.3) is 5.57 Å². The van der Waals surface area contributed by atoms with Crippen molar-refractivity contribution in [2.24, 2.45) is 5.41 Å². The molecule has 0 aromatic heterocycles. The zero-order valence-corrected chi connectivity index (χ0v) is 10.3. The summed E-state index contributed by atoms with van der Waals surface area (Å²) in [6, 6.07) is 6.25. The van der Waals surface area contributed by atoms with Crippen LogP contribution in [0.15, 0.2) is 24.8 Å². The summed E-state index contributed by atoms with van der Waals surface area (Å²) in [4.78, 5) is 0. The fourth-order valence-corrected chi connectivity index (χ4v) is 3.77. The molecular formula is C15H17Cl. The minimum atomic E-state index is 0.414. The Balaban J connectivity index is 2.08. The maximum atomic E-state index is 6.26. The molecule has 1 aromatic carbocycles. The van der Waals surface area contributed by atoms with Crippen LogP contribution in [0, 0.1) is 5.41 Å². The van der Waals surface area contributed by atoms with Crippen molar-refractivity contribution in [1.82, 2.24) is 0 Å². The molecule has 1 fully saturated rings. The molecule has 1 saturated carbocycles. The van der Waals surface area contributed by atoms with E-state index in [1.807, 2.05) is 6.07 Å². The highest BCUT2D eigenvalue weighted by atomic mass is 35.5. The predicted octanol–water partition coefficient (Wildman–Crippen LogP) is 4.86. The van der Waals surface area contributed by atoms with E-state index in [1.165, 1.54) is 48.8 Å². The van der Waals surface area contributed by atoms with E-state index < -0.39 is 0 Å². The van der Waals surface area contributed by atoms with Gasteiger partial charge in [-0.2, -0.15) is 0 Å². The lowest BCUT2D eigenvalue weighted by Crippen LogP contribution is -2.24. The van der Waals surface area contributed by atoms with Gasteiger partial charge in [0.25, 0.3) is 0 Å². The Bertz CT molecular complexity index is 439. The Labute approximate surface area is 102 Å². The second-order valence-corrected chi connectivity index (χ2v) is 5.64. The minimum Gasteiger partial charge on any atom is -0.0947 e. The van der Waals surface area contributed by atoms with Gasteiger partial charge in [-0.05, 0) is 53.9 Å². The number of allylic oxidation sites excluding steroid dienone is 1. The van der Waals surface area contributed by atoms with E-state index in [0.717, 1.165) is 11.4 Å². The third kappa shape index (κ3) is 1.36. The van der Waals surface area contributed by atoms with Crippen LogP contribution in [0.5, 0.6) is 0 Å². The van der Waals surface area contributed by atoms with Crippen LogP contribution in [0.4, 0.5) is 0 Å². The number of halogens is 1. The topological polar surface area (TPSA) is 0 Å². The smallest absolute Gasteiger partial charge is 0.0444 e. The summed E-state index contributed by atoms with van der Waals surface area (Å²) >= 11 is 6.26. The zero-order chi connectivity index (χ0) is 11.2. The zero-order valence-electron chi connectivity index (χ0n) is 9.56. The monoisotopic (exact) mass is 232 g/mol. The van der Waals surface area contributed by atoms with E-state index >= 15 is 0 Å². The lowest BCUT2D eigenvalue weighted by Gasteiger charge is -2.37. The number of hydrogen-bond acceptors (Lipinski definition) is 0. The summed E-state index contributed by atoms with van der Waals surface area (Å²) in [5.74, 6) is 0. The fraction of sp³-hybridized carbons (Fsp3) is 0.467. The Kier molecular flexibility index (Phi) is 2.36. The molecule has 0 bridgehead atoms. The van der Waals surface area contributed by atoms with Gasteiger partial charge in [-0.3, -0.25) is 0 Å². The Morgan fingerprint density at radius 2 is 1.88 bits per heavy atom. The Morgan fingerprint density at radius 3 is 2.62 bits per heavy atom. The van der Waals surface area contributed by atoms with E-state index in [2.05, 4.69) is 18.7 Å². The van der Waals surface area contributed by atoms with Gasteiger partial charge in [-0.25, -0.2) is 0 Å². The Morgan fingerprint density at radius 1 is 1.12 bits per heavy atom. The molecule has 3 rings (SSSR count).